The van der Waals surface area contributed by atoms with Gasteiger partial charge in [-0.15, -0.1) is 0 Å². The smallest absolute Gasteiger partial charge is 0.337 e. The summed E-state index contributed by atoms with van der Waals surface area (Å²) in [5.41, 5.74) is 0.250. The van der Waals surface area contributed by atoms with Crippen LogP contribution in [-0.4, -0.2) is 34.4 Å². The van der Waals surface area contributed by atoms with Crippen molar-refractivity contribution in [3.63, 3.8) is 0 Å². The number of aliphatic carboxylic acids is 1. The summed E-state index contributed by atoms with van der Waals surface area (Å²) >= 11 is 0. The van der Waals surface area contributed by atoms with Crippen molar-refractivity contribution in [2.45, 2.75) is 19.4 Å². The molecule has 0 heterocycles. The maximum Gasteiger partial charge on any atom is 0.337 e. The van der Waals surface area contributed by atoms with Gasteiger partial charge < -0.3 is 24.8 Å². The SMILES string of the molecule is CCC(=O)Oc1ccc(OC)cc1.O=C(O)C(O)c1ccc(O)cc1. The van der Waals surface area contributed by atoms with Gasteiger partial charge in [-0.2, -0.15) is 0 Å². The van der Waals surface area contributed by atoms with Crippen molar-refractivity contribution in [1.82, 2.24) is 0 Å². The summed E-state index contributed by atoms with van der Waals surface area (Å²) in [7, 11) is 1.59. The number of carboxylic acid groups (broad SMARTS) is 1. The van der Waals surface area contributed by atoms with Gasteiger partial charge in [0.15, 0.2) is 6.10 Å². The lowest BCUT2D eigenvalue weighted by molar-refractivity contribution is -0.147. The van der Waals surface area contributed by atoms with E-state index < -0.39 is 12.1 Å². The highest BCUT2D eigenvalue weighted by atomic mass is 16.5. The molecule has 0 aliphatic heterocycles. The minimum Gasteiger partial charge on any atom is -0.508 e. The van der Waals surface area contributed by atoms with E-state index in [1.165, 1.54) is 24.3 Å². The van der Waals surface area contributed by atoms with Crippen LogP contribution in [0.2, 0.25) is 0 Å². The number of phenols is 1. The zero-order valence-corrected chi connectivity index (χ0v) is 13.9. The molecular formula is C18H20O7. The number of esters is 1. The largest absolute Gasteiger partial charge is 0.508 e. The molecule has 2 aromatic rings. The monoisotopic (exact) mass is 348 g/mol. The first kappa shape index (κ1) is 20.0. The average Bonchev–Trinajstić information content (AvgIpc) is 2.62. The predicted molar refractivity (Wildman–Crippen MR) is 89.6 cm³/mol. The molecule has 25 heavy (non-hydrogen) atoms. The molecule has 0 aliphatic rings. The molecule has 0 radical (unpaired) electrons. The molecule has 7 nitrogen and oxygen atoms in total. The summed E-state index contributed by atoms with van der Waals surface area (Å²) in [6.07, 6.45) is -1.14. The quantitative estimate of drug-likeness (QED) is 0.562. The second-order valence-corrected chi connectivity index (χ2v) is 4.84. The van der Waals surface area contributed by atoms with Crippen molar-refractivity contribution < 1.29 is 34.4 Å². The third-order valence-electron chi connectivity index (χ3n) is 3.02. The first-order chi connectivity index (χ1) is 11.9. The van der Waals surface area contributed by atoms with Gasteiger partial charge in [0.1, 0.15) is 17.2 Å². The van der Waals surface area contributed by atoms with Gasteiger partial charge in [-0.05, 0) is 42.0 Å². The fraction of sp³-hybridized carbons (Fsp3) is 0.222. The summed E-state index contributed by atoms with van der Waals surface area (Å²) in [5, 5.41) is 26.2. The maximum absolute atomic E-state index is 10.9. The molecule has 7 heteroatoms. The number of hydrogen-bond acceptors (Lipinski definition) is 6. The standard InChI is InChI=1S/C10H12O3.C8H8O4/c1-3-10(11)13-9-6-4-8(12-2)5-7-9;9-6-3-1-5(2-4-6)7(10)8(11)12/h4-7H,3H2,1-2H3;1-4,7,9-10H,(H,11,12). The highest BCUT2D eigenvalue weighted by Crippen LogP contribution is 2.17. The summed E-state index contributed by atoms with van der Waals surface area (Å²) in [6, 6.07) is 12.3. The Morgan fingerprint density at radius 1 is 1.00 bits per heavy atom. The van der Waals surface area contributed by atoms with Gasteiger partial charge in [-0.25, -0.2) is 4.79 Å². The van der Waals surface area contributed by atoms with Crippen LogP contribution in [0.1, 0.15) is 25.0 Å². The number of aromatic hydroxyl groups is 1. The Hall–Kier alpha value is -3.06. The molecule has 2 aromatic carbocycles. The van der Waals surface area contributed by atoms with Gasteiger partial charge >= 0.3 is 11.9 Å². The van der Waals surface area contributed by atoms with E-state index in [4.69, 9.17) is 24.8 Å². The molecule has 0 fully saturated rings. The molecule has 1 unspecified atom stereocenters. The lowest BCUT2D eigenvalue weighted by atomic mass is 10.1. The lowest BCUT2D eigenvalue weighted by Crippen LogP contribution is -2.09. The Bertz CT molecular complexity index is 678. The van der Waals surface area contributed by atoms with Crippen LogP contribution >= 0.6 is 0 Å². The van der Waals surface area contributed by atoms with Crippen LogP contribution in [0, 0.1) is 0 Å². The zero-order chi connectivity index (χ0) is 18.8. The molecule has 0 bridgehead atoms. The Labute approximate surface area is 145 Å². The Balaban J connectivity index is 0.000000251. The van der Waals surface area contributed by atoms with Crippen molar-refractivity contribution in [2.75, 3.05) is 7.11 Å². The van der Waals surface area contributed by atoms with Gasteiger partial charge in [-0.3, -0.25) is 4.79 Å². The number of ether oxygens (including phenoxy) is 2. The molecule has 0 amide bonds. The van der Waals surface area contributed by atoms with Crippen LogP contribution in [0.15, 0.2) is 48.5 Å². The van der Waals surface area contributed by atoms with Crippen molar-refractivity contribution in [2.24, 2.45) is 0 Å². The van der Waals surface area contributed by atoms with Crippen LogP contribution in [0.3, 0.4) is 0 Å². The number of aliphatic hydroxyl groups is 1. The second-order valence-electron chi connectivity index (χ2n) is 4.84. The van der Waals surface area contributed by atoms with E-state index in [0.717, 1.165) is 5.75 Å². The molecule has 0 aromatic heterocycles. The Morgan fingerprint density at radius 3 is 1.96 bits per heavy atom. The molecule has 0 saturated heterocycles. The number of aliphatic hydroxyl groups excluding tert-OH is 1. The Kier molecular flexibility index (Phi) is 7.95. The van der Waals surface area contributed by atoms with Gasteiger partial charge in [0.25, 0.3) is 0 Å². The fourth-order valence-corrected chi connectivity index (χ4v) is 1.65. The number of hydrogen-bond donors (Lipinski definition) is 3. The third kappa shape index (κ3) is 6.92. The molecule has 0 saturated carbocycles. The first-order valence-electron chi connectivity index (χ1n) is 7.42. The van der Waals surface area contributed by atoms with Crippen LogP contribution < -0.4 is 9.47 Å². The molecular weight excluding hydrogens is 328 g/mol. The molecule has 1 atom stereocenters. The fourth-order valence-electron chi connectivity index (χ4n) is 1.65. The molecule has 134 valence electrons. The number of rotatable bonds is 5. The van der Waals surface area contributed by atoms with Crippen LogP contribution in [0.5, 0.6) is 17.2 Å². The third-order valence-corrected chi connectivity index (χ3v) is 3.02. The molecule has 3 N–H and O–H groups in total. The summed E-state index contributed by atoms with van der Waals surface area (Å²) < 4.78 is 9.93. The number of carboxylic acids is 1. The number of phenolic OH excluding ortho intramolecular Hbond substituents is 1. The summed E-state index contributed by atoms with van der Waals surface area (Å²) in [6.45, 7) is 1.76. The first-order valence-corrected chi connectivity index (χ1v) is 7.42. The average molecular weight is 348 g/mol. The molecule has 2 rings (SSSR count). The molecule has 0 spiro atoms. The summed E-state index contributed by atoms with van der Waals surface area (Å²) in [4.78, 5) is 21.2. The normalized spacial score (nSPS) is 10.8. The highest BCUT2D eigenvalue weighted by molar-refractivity contribution is 5.74. The van der Waals surface area contributed by atoms with E-state index in [9.17, 15) is 9.59 Å². The van der Waals surface area contributed by atoms with Crippen molar-refractivity contribution in [3.05, 3.63) is 54.1 Å². The second kappa shape index (κ2) is 9.94. The van der Waals surface area contributed by atoms with Crippen molar-refractivity contribution in [1.29, 1.82) is 0 Å². The zero-order valence-electron chi connectivity index (χ0n) is 13.9. The van der Waals surface area contributed by atoms with Crippen LogP contribution in [0.25, 0.3) is 0 Å². The Morgan fingerprint density at radius 2 is 1.52 bits per heavy atom. The maximum atomic E-state index is 10.9. The highest BCUT2D eigenvalue weighted by Gasteiger charge is 2.14. The summed E-state index contributed by atoms with van der Waals surface area (Å²) in [5.74, 6) is -0.203. The van der Waals surface area contributed by atoms with E-state index in [1.54, 1.807) is 38.3 Å². The number of carbonyl (C=O) groups is 2. The number of benzene rings is 2. The number of carbonyl (C=O) groups excluding carboxylic acids is 1. The van der Waals surface area contributed by atoms with Gasteiger partial charge in [-0.1, -0.05) is 19.1 Å². The minimum atomic E-state index is -1.52. The lowest BCUT2D eigenvalue weighted by Gasteiger charge is -2.04. The van der Waals surface area contributed by atoms with Gasteiger partial charge in [0.05, 0.1) is 7.11 Å². The topological polar surface area (TPSA) is 113 Å². The van der Waals surface area contributed by atoms with Crippen LogP contribution in [0.4, 0.5) is 0 Å². The predicted octanol–water partition coefficient (Wildman–Crippen LogP) is 2.52. The number of methoxy groups -OCH3 is 1. The van der Waals surface area contributed by atoms with Crippen molar-refractivity contribution >= 4 is 11.9 Å². The van der Waals surface area contributed by atoms with E-state index in [0.29, 0.717) is 12.2 Å². The van der Waals surface area contributed by atoms with Gasteiger partial charge in [0.2, 0.25) is 0 Å². The van der Waals surface area contributed by atoms with E-state index in [2.05, 4.69) is 0 Å². The van der Waals surface area contributed by atoms with E-state index >= 15 is 0 Å². The van der Waals surface area contributed by atoms with E-state index in [1.807, 2.05) is 0 Å². The van der Waals surface area contributed by atoms with Crippen molar-refractivity contribution in [3.8, 4) is 17.2 Å². The van der Waals surface area contributed by atoms with Crippen LogP contribution in [-0.2, 0) is 9.59 Å². The minimum absolute atomic E-state index is 0.0383. The molecule has 0 aliphatic carbocycles. The van der Waals surface area contributed by atoms with E-state index in [-0.39, 0.29) is 17.3 Å². The van der Waals surface area contributed by atoms with Gasteiger partial charge in [0, 0.05) is 6.42 Å².